The third-order valence-electron chi connectivity index (χ3n) is 8.37. The number of anilines is 1. The zero-order valence-corrected chi connectivity index (χ0v) is 25.7. The van der Waals surface area contributed by atoms with Gasteiger partial charge in [0, 0.05) is 43.3 Å². The lowest BCUT2D eigenvalue weighted by molar-refractivity contribution is 0.101. The standard InChI is InChI=1S/C29H34N2O.C6H12.C2H6/c1-3-24-14-15-27(22-29(24)23(2)32)31-20-18-30(19-21-31)17-16-28(25-10-6-4-7-11-25)26-12-8-5-9-13-26;1-6-4-2-3-5-6;1-2/h4-15,22,28H,3,16-21H2,1-2H3;6H,2-5H2,1H3;1-2H3. The third kappa shape index (κ3) is 9.34. The second-order valence-corrected chi connectivity index (χ2v) is 11.1. The molecule has 0 aromatic heterocycles. The number of rotatable bonds is 8. The van der Waals surface area contributed by atoms with Crippen molar-refractivity contribution in [3.8, 4) is 0 Å². The molecule has 0 spiro atoms. The molecule has 2 fully saturated rings. The molecule has 0 radical (unpaired) electrons. The summed E-state index contributed by atoms with van der Waals surface area (Å²) in [7, 11) is 0. The van der Waals surface area contributed by atoms with E-state index in [-0.39, 0.29) is 5.78 Å². The first-order chi connectivity index (χ1) is 19.5. The predicted octanol–water partition coefficient (Wildman–Crippen LogP) is 9.02. The van der Waals surface area contributed by atoms with Crippen LogP contribution >= 0.6 is 0 Å². The molecule has 3 heteroatoms. The fourth-order valence-corrected chi connectivity index (χ4v) is 5.96. The Morgan fingerprint density at radius 1 is 0.825 bits per heavy atom. The van der Waals surface area contributed by atoms with E-state index in [9.17, 15) is 4.79 Å². The second-order valence-electron chi connectivity index (χ2n) is 11.1. The molecule has 3 aromatic rings. The number of carbonyl (C=O) groups excluding carboxylic acids is 1. The molecule has 0 N–H and O–H groups in total. The Hall–Kier alpha value is -2.91. The minimum absolute atomic E-state index is 0.162. The van der Waals surface area contributed by atoms with Gasteiger partial charge in [-0.25, -0.2) is 0 Å². The maximum atomic E-state index is 12.1. The van der Waals surface area contributed by atoms with E-state index < -0.39 is 0 Å². The fraction of sp³-hybridized carbons (Fsp3) is 0.486. The first kappa shape index (κ1) is 31.6. The van der Waals surface area contributed by atoms with Gasteiger partial charge in [0.25, 0.3) is 0 Å². The molecule has 40 heavy (non-hydrogen) atoms. The van der Waals surface area contributed by atoms with Crippen molar-refractivity contribution in [2.75, 3.05) is 37.6 Å². The van der Waals surface area contributed by atoms with Crippen LogP contribution in [0.15, 0.2) is 78.9 Å². The minimum Gasteiger partial charge on any atom is -0.369 e. The number of benzene rings is 3. The van der Waals surface area contributed by atoms with Gasteiger partial charge in [0.05, 0.1) is 0 Å². The fourth-order valence-electron chi connectivity index (χ4n) is 5.96. The number of aryl methyl sites for hydroxylation is 1. The summed E-state index contributed by atoms with van der Waals surface area (Å²) in [6.45, 7) is 15.3. The van der Waals surface area contributed by atoms with E-state index in [0.29, 0.717) is 5.92 Å². The van der Waals surface area contributed by atoms with E-state index in [2.05, 4.69) is 103 Å². The normalized spacial score (nSPS) is 15.7. The monoisotopic (exact) mass is 540 g/mol. The van der Waals surface area contributed by atoms with E-state index in [1.807, 2.05) is 13.8 Å². The van der Waals surface area contributed by atoms with Crippen molar-refractivity contribution in [1.29, 1.82) is 0 Å². The van der Waals surface area contributed by atoms with Crippen LogP contribution in [0.3, 0.4) is 0 Å². The molecule has 1 heterocycles. The Labute approximate surface area is 244 Å². The molecule has 1 aliphatic carbocycles. The van der Waals surface area contributed by atoms with Crippen LogP contribution < -0.4 is 4.90 Å². The van der Waals surface area contributed by atoms with Crippen LogP contribution in [0.5, 0.6) is 0 Å². The molecule has 1 saturated heterocycles. The summed E-state index contributed by atoms with van der Waals surface area (Å²) in [5.74, 6) is 1.63. The van der Waals surface area contributed by atoms with Crippen LogP contribution in [-0.4, -0.2) is 43.4 Å². The highest BCUT2D eigenvalue weighted by Crippen LogP contribution is 2.29. The van der Waals surface area contributed by atoms with Crippen molar-refractivity contribution in [2.45, 2.75) is 79.1 Å². The van der Waals surface area contributed by atoms with Crippen molar-refractivity contribution in [3.05, 3.63) is 101 Å². The number of carbonyl (C=O) groups is 1. The number of hydrogen-bond acceptors (Lipinski definition) is 3. The summed E-state index contributed by atoms with van der Waals surface area (Å²) < 4.78 is 0. The minimum atomic E-state index is 0.162. The molecular weight excluding hydrogens is 488 g/mol. The van der Waals surface area contributed by atoms with E-state index in [4.69, 9.17) is 0 Å². The molecular formula is C37H52N2O. The predicted molar refractivity (Wildman–Crippen MR) is 173 cm³/mol. The molecule has 1 aliphatic heterocycles. The Kier molecular flexibility index (Phi) is 13.5. The number of Topliss-reactive ketones (excluding diaryl/α,β-unsaturated/α-hetero) is 1. The van der Waals surface area contributed by atoms with Crippen molar-refractivity contribution >= 4 is 11.5 Å². The van der Waals surface area contributed by atoms with Gasteiger partial charge >= 0.3 is 0 Å². The summed E-state index contributed by atoms with van der Waals surface area (Å²) in [4.78, 5) is 17.1. The maximum Gasteiger partial charge on any atom is 0.160 e. The summed E-state index contributed by atoms with van der Waals surface area (Å²) >= 11 is 0. The van der Waals surface area contributed by atoms with Gasteiger partial charge in [-0.2, -0.15) is 0 Å². The van der Waals surface area contributed by atoms with Crippen molar-refractivity contribution < 1.29 is 4.79 Å². The van der Waals surface area contributed by atoms with Gasteiger partial charge in [0.15, 0.2) is 5.78 Å². The summed E-state index contributed by atoms with van der Waals surface area (Å²) in [6.07, 6.45) is 7.96. The highest BCUT2D eigenvalue weighted by atomic mass is 16.1. The molecule has 2 aliphatic rings. The molecule has 5 rings (SSSR count). The largest absolute Gasteiger partial charge is 0.369 e. The summed E-state index contributed by atoms with van der Waals surface area (Å²) in [5, 5.41) is 0. The van der Waals surface area contributed by atoms with E-state index in [1.165, 1.54) is 42.5 Å². The highest BCUT2D eigenvalue weighted by Gasteiger charge is 2.21. The zero-order valence-electron chi connectivity index (χ0n) is 25.7. The Balaban J connectivity index is 0.000000481. The lowest BCUT2D eigenvalue weighted by atomic mass is 9.88. The summed E-state index contributed by atoms with van der Waals surface area (Å²) in [5.41, 5.74) is 5.99. The second kappa shape index (κ2) is 17.0. The molecule has 0 unspecified atom stereocenters. The first-order valence-corrected chi connectivity index (χ1v) is 15.8. The van der Waals surface area contributed by atoms with Gasteiger partial charge in [0.1, 0.15) is 0 Å². The molecule has 3 aromatic carbocycles. The lowest BCUT2D eigenvalue weighted by Gasteiger charge is -2.37. The number of piperazine rings is 1. The zero-order chi connectivity index (χ0) is 28.7. The van der Waals surface area contributed by atoms with Crippen LogP contribution in [0.2, 0.25) is 0 Å². The Bertz CT molecular complexity index is 1070. The van der Waals surface area contributed by atoms with Gasteiger partial charge in [-0.3, -0.25) is 9.69 Å². The topological polar surface area (TPSA) is 23.6 Å². The van der Waals surface area contributed by atoms with Gasteiger partial charge in [-0.15, -0.1) is 0 Å². The molecule has 0 bridgehead atoms. The average Bonchev–Trinajstić information content (AvgIpc) is 3.50. The van der Waals surface area contributed by atoms with Gasteiger partial charge in [-0.1, -0.05) is 120 Å². The van der Waals surface area contributed by atoms with Gasteiger partial charge in [0.2, 0.25) is 0 Å². The molecule has 0 atom stereocenters. The Morgan fingerprint density at radius 2 is 1.38 bits per heavy atom. The van der Waals surface area contributed by atoms with Crippen LogP contribution in [0, 0.1) is 5.92 Å². The number of nitrogens with zero attached hydrogens (tertiary/aromatic N) is 2. The molecule has 1 saturated carbocycles. The molecule has 0 amide bonds. The first-order valence-electron chi connectivity index (χ1n) is 15.8. The van der Waals surface area contributed by atoms with E-state index in [0.717, 1.165) is 62.6 Å². The smallest absolute Gasteiger partial charge is 0.160 e. The van der Waals surface area contributed by atoms with E-state index in [1.54, 1.807) is 6.92 Å². The quantitative estimate of drug-likeness (QED) is 0.266. The number of hydrogen-bond donors (Lipinski definition) is 0. The SMILES string of the molecule is CC.CC1CCCC1.CCc1ccc(N2CCN(CCC(c3ccccc3)c3ccccc3)CC2)cc1C(C)=O. The van der Waals surface area contributed by atoms with Gasteiger partial charge < -0.3 is 4.90 Å². The van der Waals surface area contributed by atoms with Crippen LogP contribution in [-0.2, 0) is 6.42 Å². The van der Waals surface area contributed by atoms with E-state index >= 15 is 0 Å². The number of ketones is 1. The van der Waals surface area contributed by atoms with Crippen molar-refractivity contribution in [1.82, 2.24) is 4.90 Å². The Morgan fingerprint density at radius 3 is 1.82 bits per heavy atom. The van der Waals surface area contributed by atoms with Crippen LogP contribution in [0.4, 0.5) is 5.69 Å². The average molecular weight is 541 g/mol. The third-order valence-corrected chi connectivity index (χ3v) is 8.37. The van der Waals surface area contributed by atoms with Gasteiger partial charge in [-0.05, 0) is 61.1 Å². The van der Waals surface area contributed by atoms with Crippen LogP contribution in [0.1, 0.15) is 99.7 Å². The summed E-state index contributed by atoms with van der Waals surface area (Å²) in [6, 6.07) is 28.2. The molecule has 216 valence electrons. The molecule has 3 nitrogen and oxygen atoms in total. The lowest BCUT2D eigenvalue weighted by Crippen LogP contribution is -2.46. The highest BCUT2D eigenvalue weighted by molar-refractivity contribution is 5.96. The van der Waals surface area contributed by atoms with Crippen molar-refractivity contribution in [3.63, 3.8) is 0 Å². The maximum absolute atomic E-state index is 12.1. The van der Waals surface area contributed by atoms with Crippen molar-refractivity contribution in [2.24, 2.45) is 5.92 Å². The van der Waals surface area contributed by atoms with Crippen LogP contribution in [0.25, 0.3) is 0 Å².